The predicted molar refractivity (Wildman–Crippen MR) is 93.7 cm³/mol. The average Bonchev–Trinajstić information content (AvgIpc) is 2.56. The summed E-state index contributed by atoms with van der Waals surface area (Å²) in [6.07, 6.45) is 4.08. The van der Waals surface area contributed by atoms with E-state index in [-0.39, 0.29) is 11.7 Å². The Morgan fingerprint density at radius 1 is 0.957 bits per heavy atom. The first kappa shape index (κ1) is 16.5. The zero-order chi connectivity index (χ0) is 16.7. The Bertz CT molecular complexity index is 701. The van der Waals surface area contributed by atoms with Crippen LogP contribution in [0.1, 0.15) is 29.8 Å². The average molecular weight is 308 g/mol. The quantitative estimate of drug-likeness (QED) is 0.626. The van der Waals surface area contributed by atoms with Crippen molar-refractivity contribution in [2.75, 3.05) is 10.6 Å². The second kappa shape index (κ2) is 7.94. The van der Waals surface area contributed by atoms with Crippen LogP contribution >= 0.6 is 0 Å². The third kappa shape index (κ3) is 5.11. The van der Waals surface area contributed by atoms with Gasteiger partial charge >= 0.3 is 0 Å². The molecule has 0 aliphatic heterocycles. The standard InChI is InChI=1S/C19H20N2O2/c1-3-15-4-6-16(7-5-15)19(23)12-13-20-17-8-10-18(11-9-17)21-14(2)22/h4-13,20H,3H2,1-2H3,(H,21,22)/b13-12+. The van der Waals surface area contributed by atoms with Gasteiger partial charge in [-0.3, -0.25) is 9.59 Å². The van der Waals surface area contributed by atoms with Crippen molar-refractivity contribution in [1.82, 2.24) is 0 Å². The molecular weight excluding hydrogens is 288 g/mol. The minimum atomic E-state index is -0.106. The van der Waals surface area contributed by atoms with Crippen LogP contribution in [0, 0.1) is 0 Å². The fourth-order valence-corrected chi connectivity index (χ4v) is 2.07. The highest BCUT2D eigenvalue weighted by Crippen LogP contribution is 2.13. The van der Waals surface area contributed by atoms with Gasteiger partial charge in [-0.05, 0) is 36.2 Å². The minimum Gasteiger partial charge on any atom is -0.362 e. The van der Waals surface area contributed by atoms with E-state index in [0.29, 0.717) is 5.56 Å². The van der Waals surface area contributed by atoms with Crippen molar-refractivity contribution < 1.29 is 9.59 Å². The van der Waals surface area contributed by atoms with E-state index in [9.17, 15) is 9.59 Å². The molecule has 0 fully saturated rings. The molecule has 0 atom stereocenters. The van der Waals surface area contributed by atoms with Crippen LogP contribution in [-0.2, 0) is 11.2 Å². The number of amides is 1. The molecule has 0 spiro atoms. The summed E-state index contributed by atoms with van der Waals surface area (Å²) in [4.78, 5) is 23.0. The summed E-state index contributed by atoms with van der Waals surface area (Å²) in [6, 6.07) is 14.9. The molecule has 2 rings (SSSR count). The zero-order valence-corrected chi connectivity index (χ0v) is 13.3. The van der Waals surface area contributed by atoms with Crippen molar-refractivity contribution in [2.45, 2.75) is 20.3 Å². The number of benzene rings is 2. The third-order valence-corrected chi connectivity index (χ3v) is 3.34. The van der Waals surface area contributed by atoms with E-state index in [4.69, 9.17) is 0 Å². The van der Waals surface area contributed by atoms with E-state index >= 15 is 0 Å². The van der Waals surface area contributed by atoms with E-state index in [1.807, 2.05) is 36.4 Å². The largest absolute Gasteiger partial charge is 0.362 e. The Morgan fingerprint density at radius 2 is 1.57 bits per heavy atom. The summed E-state index contributed by atoms with van der Waals surface area (Å²) in [7, 11) is 0. The number of allylic oxidation sites excluding steroid dienone is 1. The molecule has 0 saturated heterocycles. The number of nitrogens with one attached hydrogen (secondary N) is 2. The van der Waals surface area contributed by atoms with Crippen LogP contribution in [0.3, 0.4) is 0 Å². The molecular formula is C19H20N2O2. The lowest BCUT2D eigenvalue weighted by Crippen LogP contribution is -2.05. The van der Waals surface area contributed by atoms with Crippen molar-refractivity contribution in [1.29, 1.82) is 0 Å². The first-order valence-corrected chi connectivity index (χ1v) is 7.52. The van der Waals surface area contributed by atoms with Crippen LogP contribution in [0.15, 0.2) is 60.8 Å². The van der Waals surface area contributed by atoms with Crippen molar-refractivity contribution >= 4 is 23.1 Å². The molecule has 0 aliphatic rings. The molecule has 4 heteroatoms. The number of anilines is 2. The summed E-state index contributed by atoms with van der Waals surface area (Å²) in [5, 5.41) is 5.73. The van der Waals surface area contributed by atoms with Crippen LogP contribution in [0.5, 0.6) is 0 Å². The monoisotopic (exact) mass is 308 g/mol. The van der Waals surface area contributed by atoms with Crippen LogP contribution in [0.2, 0.25) is 0 Å². The van der Waals surface area contributed by atoms with Gasteiger partial charge in [-0.25, -0.2) is 0 Å². The van der Waals surface area contributed by atoms with Gasteiger partial charge in [-0.2, -0.15) is 0 Å². The molecule has 118 valence electrons. The lowest BCUT2D eigenvalue weighted by molar-refractivity contribution is -0.114. The highest BCUT2D eigenvalue weighted by Gasteiger charge is 2.01. The molecule has 2 aromatic carbocycles. The lowest BCUT2D eigenvalue weighted by atomic mass is 10.1. The maximum Gasteiger partial charge on any atom is 0.221 e. The van der Waals surface area contributed by atoms with E-state index in [1.54, 1.807) is 18.3 Å². The molecule has 0 radical (unpaired) electrons. The number of hydrogen-bond donors (Lipinski definition) is 2. The lowest BCUT2D eigenvalue weighted by Gasteiger charge is -2.04. The predicted octanol–water partition coefficient (Wildman–Crippen LogP) is 4.02. The van der Waals surface area contributed by atoms with Crippen LogP contribution in [0.25, 0.3) is 0 Å². The van der Waals surface area contributed by atoms with E-state index in [1.165, 1.54) is 18.6 Å². The zero-order valence-electron chi connectivity index (χ0n) is 13.3. The van der Waals surface area contributed by atoms with Gasteiger partial charge in [-0.1, -0.05) is 31.2 Å². The molecule has 0 bridgehead atoms. The second-order valence-corrected chi connectivity index (χ2v) is 5.15. The van der Waals surface area contributed by atoms with Gasteiger partial charge in [0.15, 0.2) is 5.78 Å². The fourth-order valence-electron chi connectivity index (χ4n) is 2.07. The minimum absolute atomic E-state index is 0.0463. The molecule has 23 heavy (non-hydrogen) atoms. The van der Waals surface area contributed by atoms with Crippen molar-refractivity contribution in [3.63, 3.8) is 0 Å². The van der Waals surface area contributed by atoms with E-state index < -0.39 is 0 Å². The van der Waals surface area contributed by atoms with Gasteiger partial charge in [-0.15, -0.1) is 0 Å². The highest BCUT2D eigenvalue weighted by molar-refractivity contribution is 6.04. The van der Waals surface area contributed by atoms with Crippen LogP contribution in [0.4, 0.5) is 11.4 Å². The van der Waals surface area contributed by atoms with Crippen molar-refractivity contribution in [2.24, 2.45) is 0 Å². The second-order valence-electron chi connectivity index (χ2n) is 5.15. The molecule has 0 unspecified atom stereocenters. The van der Waals surface area contributed by atoms with Gasteiger partial charge < -0.3 is 10.6 Å². The number of ketones is 1. The Labute approximate surface area is 136 Å². The van der Waals surface area contributed by atoms with Gasteiger partial charge in [0, 0.05) is 36.1 Å². The number of hydrogen-bond acceptors (Lipinski definition) is 3. The number of carbonyl (C=O) groups excluding carboxylic acids is 2. The summed E-state index contributed by atoms with van der Waals surface area (Å²) < 4.78 is 0. The van der Waals surface area contributed by atoms with Crippen LogP contribution < -0.4 is 10.6 Å². The molecule has 0 saturated carbocycles. The topological polar surface area (TPSA) is 58.2 Å². The summed E-state index contributed by atoms with van der Waals surface area (Å²) in [5.74, 6) is -0.152. The summed E-state index contributed by atoms with van der Waals surface area (Å²) in [5.41, 5.74) is 3.45. The van der Waals surface area contributed by atoms with Crippen molar-refractivity contribution in [3.8, 4) is 0 Å². The Balaban J connectivity index is 1.92. The van der Waals surface area contributed by atoms with Crippen LogP contribution in [-0.4, -0.2) is 11.7 Å². The normalized spacial score (nSPS) is 10.5. The Hall–Kier alpha value is -2.88. The van der Waals surface area contributed by atoms with E-state index in [2.05, 4.69) is 17.6 Å². The highest BCUT2D eigenvalue weighted by atomic mass is 16.1. The first-order chi connectivity index (χ1) is 11.1. The maximum absolute atomic E-state index is 12.0. The smallest absolute Gasteiger partial charge is 0.221 e. The molecule has 0 aromatic heterocycles. The van der Waals surface area contributed by atoms with E-state index in [0.717, 1.165) is 17.8 Å². The summed E-state index contributed by atoms with van der Waals surface area (Å²) in [6.45, 7) is 3.55. The maximum atomic E-state index is 12.0. The Kier molecular flexibility index (Phi) is 5.69. The SMILES string of the molecule is CCc1ccc(C(=O)/C=C/Nc2ccc(NC(C)=O)cc2)cc1. The van der Waals surface area contributed by atoms with Gasteiger partial charge in [0.1, 0.15) is 0 Å². The molecule has 2 N–H and O–H groups in total. The molecule has 2 aromatic rings. The molecule has 1 amide bonds. The fraction of sp³-hybridized carbons (Fsp3) is 0.158. The van der Waals surface area contributed by atoms with Gasteiger partial charge in [0.05, 0.1) is 0 Å². The molecule has 4 nitrogen and oxygen atoms in total. The number of carbonyl (C=O) groups is 2. The number of aryl methyl sites for hydroxylation is 1. The first-order valence-electron chi connectivity index (χ1n) is 7.52. The molecule has 0 aliphatic carbocycles. The third-order valence-electron chi connectivity index (χ3n) is 3.34. The van der Waals surface area contributed by atoms with Crippen molar-refractivity contribution in [3.05, 3.63) is 71.9 Å². The number of rotatable bonds is 6. The molecule has 0 heterocycles. The van der Waals surface area contributed by atoms with Gasteiger partial charge in [0.25, 0.3) is 0 Å². The summed E-state index contributed by atoms with van der Waals surface area (Å²) >= 11 is 0. The van der Waals surface area contributed by atoms with Gasteiger partial charge in [0.2, 0.25) is 5.91 Å². The Morgan fingerprint density at radius 3 is 2.13 bits per heavy atom.